The lowest BCUT2D eigenvalue weighted by Crippen LogP contribution is -1.91. The first-order chi connectivity index (χ1) is 13.2. The zero-order chi connectivity index (χ0) is 18.4. The molecule has 27 heavy (non-hydrogen) atoms. The van der Waals surface area contributed by atoms with Gasteiger partial charge in [-0.1, -0.05) is 42.1 Å². The van der Waals surface area contributed by atoms with Crippen LogP contribution in [0.3, 0.4) is 0 Å². The normalized spacial score (nSPS) is 11.4. The number of nitrogens with zero attached hydrogens (tertiary/aromatic N) is 3. The molecule has 0 aliphatic rings. The Morgan fingerprint density at radius 1 is 1.00 bits per heavy atom. The van der Waals surface area contributed by atoms with E-state index in [1.54, 1.807) is 18.2 Å². The zero-order valence-electron chi connectivity index (χ0n) is 14.3. The largest absolute Gasteiger partial charge is 0.508 e. The number of nitrogens with one attached hydrogen (secondary N) is 1. The number of hydrogen-bond acceptors (Lipinski definition) is 6. The average molecular weight is 374 g/mol. The molecule has 3 aromatic heterocycles. The molecule has 3 heterocycles. The first kappa shape index (κ1) is 15.9. The number of aromatic hydroxyl groups is 1. The van der Waals surface area contributed by atoms with Crippen molar-refractivity contribution in [3.8, 4) is 28.6 Å². The Labute approximate surface area is 158 Å². The van der Waals surface area contributed by atoms with Crippen LogP contribution in [0.2, 0.25) is 0 Å². The minimum atomic E-state index is 0.187. The predicted octanol–water partition coefficient (Wildman–Crippen LogP) is 4.86. The van der Waals surface area contributed by atoms with E-state index in [2.05, 4.69) is 21.2 Å². The van der Waals surface area contributed by atoms with Crippen molar-refractivity contribution in [2.24, 2.45) is 0 Å². The highest BCUT2D eigenvalue weighted by Gasteiger charge is 2.17. The van der Waals surface area contributed by atoms with Crippen molar-refractivity contribution in [3.05, 3.63) is 54.6 Å². The molecule has 0 spiro atoms. The van der Waals surface area contributed by atoms with Crippen LogP contribution in [-0.4, -0.2) is 31.5 Å². The molecule has 0 saturated heterocycles. The Bertz CT molecular complexity index is 1290. The summed E-state index contributed by atoms with van der Waals surface area (Å²) in [7, 11) is 0. The summed E-state index contributed by atoms with van der Waals surface area (Å²) in [4.78, 5) is 8.22. The average Bonchev–Trinajstić information content (AvgIpc) is 3.32. The first-order valence-corrected chi connectivity index (χ1v) is 9.54. The summed E-state index contributed by atoms with van der Waals surface area (Å²) in [5, 5.41) is 20.7. The van der Waals surface area contributed by atoms with E-state index in [0.29, 0.717) is 16.8 Å². The van der Waals surface area contributed by atoms with Gasteiger partial charge in [0.15, 0.2) is 0 Å². The Kier molecular flexibility index (Phi) is 3.61. The van der Waals surface area contributed by atoms with Crippen LogP contribution >= 0.6 is 11.8 Å². The van der Waals surface area contributed by atoms with Gasteiger partial charge in [-0.25, -0.2) is 4.98 Å². The second-order valence-corrected chi connectivity index (χ2v) is 6.83. The van der Waals surface area contributed by atoms with Gasteiger partial charge < -0.3 is 14.5 Å². The number of rotatable bonds is 3. The Balaban J connectivity index is 1.85. The number of pyridine rings is 1. The molecule has 5 aromatic rings. The molecule has 0 saturated carbocycles. The zero-order valence-corrected chi connectivity index (χ0v) is 15.1. The van der Waals surface area contributed by atoms with Crippen molar-refractivity contribution in [3.63, 3.8) is 0 Å². The summed E-state index contributed by atoms with van der Waals surface area (Å²) < 4.78 is 5.69. The van der Waals surface area contributed by atoms with Crippen molar-refractivity contribution in [1.29, 1.82) is 0 Å². The highest BCUT2D eigenvalue weighted by atomic mass is 32.2. The molecule has 2 N–H and O–H groups in total. The third-order valence-corrected chi connectivity index (χ3v) is 4.93. The van der Waals surface area contributed by atoms with Crippen molar-refractivity contribution in [1.82, 2.24) is 20.2 Å². The lowest BCUT2D eigenvalue weighted by molar-refractivity contribution is 0.465. The molecule has 0 atom stereocenters. The topological polar surface area (TPSA) is 87.8 Å². The molecule has 0 amide bonds. The molecule has 0 fully saturated rings. The Morgan fingerprint density at radius 3 is 2.70 bits per heavy atom. The molecular weight excluding hydrogens is 360 g/mol. The van der Waals surface area contributed by atoms with Gasteiger partial charge in [0.05, 0.1) is 11.2 Å². The van der Waals surface area contributed by atoms with Gasteiger partial charge >= 0.3 is 0 Å². The molecule has 7 heteroatoms. The molecular formula is C20H14N4O2S. The Morgan fingerprint density at radius 2 is 1.89 bits per heavy atom. The second kappa shape index (κ2) is 6.14. The van der Waals surface area contributed by atoms with E-state index in [4.69, 9.17) is 9.40 Å². The quantitative estimate of drug-likeness (QED) is 0.439. The summed E-state index contributed by atoms with van der Waals surface area (Å²) in [5.74, 6) is 0.555. The van der Waals surface area contributed by atoms with Gasteiger partial charge in [0.2, 0.25) is 0 Å². The van der Waals surface area contributed by atoms with E-state index in [0.717, 1.165) is 33.1 Å². The summed E-state index contributed by atoms with van der Waals surface area (Å²) in [6.07, 6.45) is 1.88. The number of fused-ring (bicyclic) bond motifs is 3. The van der Waals surface area contributed by atoms with E-state index in [9.17, 15) is 5.11 Å². The summed E-state index contributed by atoms with van der Waals surface area (Å²) >= 11 is 1.39. The van der Waals surface area contributed by atoms with Crippen LogP contribution in [0.4, 0.5) is 0 Å². The fourth-order valence-corrected chi connectivity index (χ4v) is 3.50. The van der Waals surface area contributed by atoms with Gasteiger partial charge in [0.1, 0.15) is 11.4 Å². The number of benzene rings is 2. The summed E-state index contributed by atoms with van der Waals surface area (Å²) in [6.45, 7) is 0. The van der Waals surface area contributed by atoms with Crippen molar-refractivity contribution >= 4 is 33.6 Å². The maximum Gasteiger partial charge on any atom is 0.276 e. The van der Waals surface area contributed by atoms with Gasteiger partial charge in [-0.2, -0.15) is 0 Å². The van der Waals surface area contributed by atoms with E-state index in [-0.39, 0.29) is 5.75 Å². The molecule has 0 aliphatic heterocycles. The highest BCUT2D eigenvalue weighted by molar-refractivity contribution is 7.98. The van der Waals surface area contributed by atoms with Crippen LogP contribution in [-0.2, 0) is 0 Å². The lowest BCUT2D eigenvalue weighted by Gasteiger charge is -2.06. The van der Waals surface area contributed by atoms with Crippen LogP contribution in [0.25, 0.3) is 44.6 Å². The van der Waals surface area contributed by atoms with Crippen molar-refractivity contribution in [2.45, 2.75) is 5.22 Å². The minimum absolute atomic E-state index is 0.187. The van der Waals surface area contributed by atoms with Crippen LogP contribution in [0.15, 0.2) is 64.2 Å². The van der Waals surface area contributed by atoms with Gasteiger partial charge in [-0.3, -0.25) is 0 Å². The lowest BCUT2D eigenvalue weighted by atomic mass is 10.1. The number of phenolic OH excluding ortho intramolecular Hbond substituents is 1. The number of para-hydroxylation sites is 1. The third-order valence-electron chi connectivity index (χ3n) is 4.42. The number of aromatic amines is 1. The van der Waals surface area contributed by atoms with E-state index in [1.165, 1.54) is 11.8 Å². The molecule has 0 radical (unpaired) electrons. The van der Waals surface area contributed by atoms with Crippen LogP contribution in [0.5, 0.6) is 5.75 Å². The van der Waals surface area contributed by atoms with Gasteiger partial charge in [0, 0.05) is 21.9 Å². The first-order valence-electron chi connectivity index (χ1n) is 8.31. The minimum Gasteiger partial charge on any atom is -0.508 e. The fraction of sp³-hybridized carbons (Fsp3) is 0.0500. The van der Waals surface area contributed by atoms with E-state index in [1.807, 2.05) is 36.6 Å². The molecule has 132 valence electrons. The number of hydrogen-bond donors (Lipinski definition) is 2. The monoisotopic (exact) mass is 374 g/mol. The molecule has 0 aliphatic carbocycles. The molecule has 0 unspecified atom stereocenters. The predicted molar refractivity (Wildman–Crippen MR) is 106 cm³/mol. The van der Waals surface area contributed by atoms with Crippen LogP contribution < -0.4 is 0 Å². The van der Waals surface area contributed by atoms with Crippen molar-refractivity contribution < 1.29 is 9.52 Å². The SMILES string of the molecule is CSc1nnc(-c2cc3c([nH]c4ccccc43)c(-c3cccc(O)c3)n2)o1. The summed E-state index contributed by atoms with van der Waals surface area (Å²) in [6, 6.07) is 17.1. The maximum atomic E-state index is 9.93. The fourth-order valence-electron chi connectivity index (χ4n) is 3.21. The summed E-state index contributed by atoms with van der Waals surface area (Å²) in [5.41, 5.74) is 4.04. The van der Waals surface area contributed by atoms with Crippen LogP contribution in [0.1, 0.15) is 0 Å². The maximum absolute atomic E-state index is 9.93. The molecule has 2 aromatic carbocycles. The molecule has 0 bridgehead atoms. The molecule has 6 nitrogen and oxygen atoms in total. The van der Waals surface area contributed by atoms with E-state index < -0.39 is 0 Å². The highest BCUT2D eigenvalue weighted by Crippen LogP contribution is 2.35. The standard InChI is InChI=1S/C20H14N4O2S/c1-27-20-24-23-19(26-20)16-10-14-13-7-2-3-8-15(13)21-18(14)17(22-16)11-5-4-6-12(25)9-11/h2-10,21,25H,1H3. The van der Waals surface area contributed by atoms with Gasteiger partial charge in [0.25, 0.3) is 11.1 Å². The van der Waals surface area contributed by atoms with Crippen LogP contribution in [0, 0.1) is 0 Å². The van der Waals surface area contributed by atoms with Gasteiger partial charge in [-0.05, 0) is 30.5 Å². The number of thioether (sulfide) groups is 1. The second-order valence-electron chi connectivity index (χ2n) is 6.08. The smallest absolute Gasteiger partial charge is 0.276 e. The number of H-pyrrole nitrogens is 1. The van der Waals surface area contributed by atoms with E-state index >= 15 is 0 Å². The number of aromatic nitrogens is 4. The van der Waals surface area contributed by atoms with Crippen molar-refractivity contribution in [2.75, 3.05) is 6.26 Å². The van der Waals surface area contributed by atoms with Gasteiger partial charge in [-0.15, -0.1) is 10.2 Å². The Hall–Kier alpha value is -3.32. The third kappa shape index (κ3) is 2.63. The molecule has 5 rings (SSSR count). The number of phenols is 1.